The van der Waals surface area contributed by atoms with E-state index in [0.717, 1.165) is 25.0 Å². The molecule has 100 valence electrons. The van der Waals surface area contributed by atoms with Gasteiger partial charge in [0, 0.05) is 11.0 Å². The maximum absolute atomic E-state index is 6.38. The molecule has 1 heterocycles. The zero-order valence-corrected chi connectivity index (χ0v) is 12.3. The topological polar surface area (TPSA) is 9.23 Å². The highest BCUT2D eigenvalue weighted by atomic mass is 16.5. The third-order valence-corrected chi connectivity index (χ3v) is 5.09. The van der Waals surface area contributed by atoms with Crippen molar-refractivity contribution in [2.75, 3.05) is 0 Å². The number of para-hydroxylation sites is 1. The van der Waals surface area contributed by atoms with Gasteiger partial charge in [0.25, 0.3) is 0 Å². The van der Waals surface area contributed by atoms with Gasteiger partial charge < -0.3 is 4.74 Å². The van der Waals surface area contributed by atoms with Crippen molar-refractivity contribution in [2.24, 2.45) is 0 Å². The predicted octanol–water partition coefficient (Wildman–Crippen LogP) is 5.09. The lowest BCUT2D eigenvalue weighted by atomic mass is 9.65. The van der Waals surface area contributed by atoms with Crippen molar-refractivity contribution in [3.63, 3.8) is 0 Å². The summed E-state index contributed by atoms with van der Waals surface area (Å²) in [4.78, 5) is 0. The van der Waals surface area contributed by atoms with Gasteiger partial charge in [-0.1, -0.05) is 45.9 Å². The molecule has 0 atom stereocenters. The van der Waals surface area contributed by atoms with Crippen molar-refractivity contribution in [1.82, 2.24) is 0 Å². The molecular formula is C17H26O. The van der Waals surface area contributed by atoms with Crippen LogP contribution in [-0.4, -0.2) is 5.60 Å². The van der Waals surface area contributed by atoms with Crippen molar-refractivity contribution < 1.29 is 4.74 Å². The molecule has 1 aromatic carbocycles. The Balaban J connectivity index is 2.54. The number of hydrogen-bond acceptors (Lipinski definition) is 1. The van der Waals surface area contributed by atoms with E-state index < -0.39 is 0 Å². The summed E-state index contributed by atoms with van der Waals surface area (Å²) in [6.45, 7) is 9.16. The molecule has 0 spiro atoms. The van der Waals surface area contributed by atoms with Crippen molar-refractivity contribution in [1.29, 1.82) is 0 Å². The minimum atomic E-state index is 0.0420. The molecule has 0 unspecified atom stereocenters. The Kier molecular flexibility index (Phi) is 3.70. The number of rotatable bonds is 4. The van der Waals surface area contributed by atoms with Gasteiger partial charge in [-0.2, -0.15) is 0 Å². The van der Waals surface area contributed by atoms with Gasteiger partial charge in [-0.25, -0.2) is 0 Å². The summed E-state index contributed by atoms with van der Waals surface area (Å²) < 4.78 is 6.38. The van der Waals surface area contributed by atoms with Crippen LogP contribution in [0.4, 0.5) is 0 Å². The van der Waals surface area contributed by atoms with Crippen LogP contribution in [0.25, 0.3) is 0 Å². The largest absolute Gasteiger partial charge is 0.487 e. The summed E-state index contributed by atoms with van der Waals surface area (Å²) in [5.74, 6) is 1.12. The highest BCUT2D eigenvalue weighted by Gasteiger charge is 2.45. The maximum atomic E-state index is 6.38. The lowest BCUT2D eigenvalue weighted by molar-refractivity contribution is 0.00174. The first-order valence-corrected chi connectivity index (χ1v) is 7.44. The average Bonchev–Trinajstić information content (AvgIpc) is 2.46. The second-order valence-corrected chi connectivity index (χ2v) is 5.65. The van der Waals surface area contributed by atoms with E-state index in [0.29, 0.717) is 5.41 Å². The first-order chi connectivity index (χ1) is 8.65. The van der Waals surface area contributed by atoms with Crippen molar-refractivity contribution >= 4 is 0 Å². The molecule has 0 aliphatic carbocycles. The van der Waals surface area contributed by atoms with Gasteiger partial charge in [-0.3, -0.25) is 0 Å². The van der Waals surface area contributed by atoms with Crippen molar-refractivity contribution in [2.45, 2.75) is 70.8 Å². The molecule has 0 aromatic heterocycles. The molecule has 1 aliphatic rings. The van der Waals surface area contributed by atoms with Crippen LogP contribution >= 0.6 is 0 Å². The van der Waals surface area contributed by atoms with E-state index in [1.54, 1.807) is 0 Å². The third kappa shape index (κ3) is 1.94. The van der Waals surface area contributed by atoms with Gasteiger partial charge in [0.1, 0.15) is 11.4 Å². The Morgan fingerprint density at radius 3 is 2.11 bits per heavy atom. The van der Waals surface area contributed by atoms with E-state index >= 15 is 0 Å². The second kappa shape index (κ2) is 4.95. The van der Waals surface area contributed by atoms with E-state index in [1.165, 1.54) is 18.4 Å². The SMILES string of the molecule is CCC1(CC)CC(CC)(CC)c2ccccc2O1. The Labute approximate surface area is 112 Å². The van der Waals surface area contributed by atoms with Gasteiger partial charge in [0.15, 0.2) is 0 Å². The summed E-state index contributed by atoms with van der Waals surface area (Å²) in [6.07, 6.45) is 5.76. The molecule has 1 aliphatic heterocycles. The molecule has 0 fully saturated rings. The van der Waals surface area contributed by atoms with Gasteiger partial charge in [0.05, 0.1) is 0 Å². The van der Waals surface area contributed by atoms with Crippen LogP contribution in [0.2, 0.25) is 0 Å². The Morgan fingerprint density at radius 1 is 0.944 bits per heavy atom. The fraction of sp³-hybridized carbons (Fsp3) is 0.647. The van der Waals surface area contributed by atoms with Gasteiger partial charge >= 0.3 is 0 Å². The number of ether oxygens (including phenoxy) is 1. The Bertz CT molecular complexity index is 400. The van der Waals surface area contributed by atoms with Crippen LogP contribution in [0.1, 0.15) is 65.4 Å². The lowest BCUT2D eigenvalue weighted by Crippen LogP contribution is -2.47. The highest BCUT2D eigenvalue weighted by molar-refractivity contribution is 5.42. The molecule has 0 bridgehead atoms. The first-order valence-electron chi connectivity index (χ1n) is 7.44. The van der Waals surface area contributed by atoms with Crippen LogP contribution in [-0.2, 0) is 5.41 Å². The van der Waals surface area contributed by atoms with Gasteiger partial charge in [0.2, 0.25) is 0 Å². The predicted molar refractivity (Wildman–Crippen MR) is 77.3 cm³/mol. The molecule has 0 radical (unpaired) electrons. The van der Waals surface area contributed by atoms with E-state index in [2.05, 4.69) is 52.0 Å². The van der Waals surface area contributed by atoms with Gasteiger partial charge in [-0.15, -0.1) is 0 Å². The zero-order valence-electron chi connectivity index (χ0n) is 12.3. The van der Waals surface area contributed by atoms with Crippen LogP contribution in [0.3, 0.4) is 0 Å². The van der Waals surface area contributed by atoms with Crippen molar-refractivity contribution in [3.8, 4) is 5.75 Å². The minimum absolute atomic E-state index is 0.0420. The number of benzene rings is 1. The molecular weight excluding hydrogens is 220 g/mol. The van der Waals surface area contributed by atoms with E-state index in [4.69, 9.17) is 4.74 Å². The average molecular weight is 246 g/mol. The Morgan fingerprint density at radius 2 is 1.56 bits per heavy atom. The van der Waals surface area contributed by atoms with Crippen LogP contribution in [0, 0.1) is 0 Å². The van der Waals surface area contributed by atoms with E-state index in [9.17, 15) is 0 Å². The lowest BCUT2D eigenvalue weighted by Gasteiger charge is -2.48. The standard InChI is InChI=1S/C17H26O/c1-5-16(6-2)13-17(7-3,8-4)18-15-12-10-9-11-14(15)16/h9-12H,5-8,13H2,1-4H3. The Hall–Kier alpha value is -0.980. The smallest absolute Gasteiger partial charge is 0.123 e. The number of hydrogen-bond donors (Lipinski definition) is 0. The fourth-order valence-corrected chi connectivity index (χ4v) is 3.50. The normalized spacial score (nSPS) is 20.0. The highest BCUT2D eigenvalue weighted by Crippen LogP contribution is 2.50. The number of fused-ring (bicyclic) bond motifs is 1. The molecule has 1 aromatic rings. The molecule has 0 N–H and O–H groups in total. The summed E-state index contributed by atoms with van der Waals surface area (Å²) in [7, 11) is 0. The molecule has 0 amide bonds. The molecule has 0 saturated heterocycles. The molecule has 1 nitrogen and oxygen atoms in total. The summed E-state index contributed by atoms with van der Waals surface area (Å²) >= 11 is 0. The third-order valence-electron chi connectivity index (χ3n) is 5.09. The summed E-state index contributed by atoms with van der Waals surface area (Å²) in [6, 6.07) is 8.65. The van der Waals surface area contributed by atoms with E-state index in [1.807, 2.05) is 0 Å². The minimum Gasteiger partial charge on any atom is -0.487 e. The molecule has 2 rings (SSSR count). The van der Waals surface area contributed by atoms with Crippen LogP contribution < -0.4 is 4.74 Å². The van der Waals surface area contributed by atoms with Gasteiger partial charge in [-0.05, 0) is 38.2 Å². The molecule has 18 heavy (non-hydrogen) atoms. The quantitative estimate of drug-likeness (QED) is 0.719. The molecule has 0 saturated carbocycles. The summed E-state index contributed by atoms with van der Waals surface area (Å²) in [5.41, 5.74) is 1.77. The van der Waals surface area contributed by atoms with Crippen molar-refractivity contribution in [3.05, 3.63) is 29.8 Å². The maximum Gasteiger partial charge on any atom is 0.123 e. The van der Waals surface area contributed by atoms with E-state index in [-0.39, 0.29) is 5.60 Å². The zero-order chi connectivity index (χ0) is 13.2. The molecule has 1 heteroatoms. The summed E-state index contributed by atoms with van der Waals surface area (Å²) in [5, 5.41) is 0. The van der Waals surface area contributed by atoms with Crippen LogP contribution in [0.5, 0.6) is 5.75 Å². The monoisotopic (exact) mass is 246 g/mol. The fourth-order valence-electron chi connectivity index (χ4n) is 3.50. The van der Waals surface area contributed by atoms with Crippen LogP contribution in [0.15, 0.2) is 24.3 Å². The first kappa shape index (κ1) is 13.5. The second-order valence-electron chi connectivity index (χ2n) is 5.65.